The van der Waals surface area contributed by atoms with Gasteiger partial charge in [0.2, 0.25) is 11.8 Å². The second-order valence-corrected chi connectivity index (χ2v) is 53.9. The van der Waals surface area contributed by atoms with E-state index in [0.717, 1.165) is 86.8 Å². The molecule has 0 aromatic heterocycles. The van der Waals surface area contributed by atoms with Gasteiger partial charge in [-0.25, -0.2) is 0 Å². The van der Waals surface area contributed by atoms with Gasteiger partial charge in [-0.1, -0.05) is 36.4 Å². The number of halogens is 12. The summed E-state index contributed by atoms with van der Waals surface area (Å²) < 4.78 is 152. The quantitative estimate of drug-likeness (QED) is 0.0851. The summed E-state index contributed by atoms with van der Waals surface area (Å²) in [5.41, 5.74) is -0.0981. The zero-order valence-electron chi connectivity index (χ0n) is 44.4. The van der Waals surface area contributed by atoms with Crippen LogP contribution in [0.15, 0.2) is 72.8 Å². The molecule has 3 aromatic carbocycles. The maximum atomic E-state index is 12.7. The van der Waals surface area contributed by atoms with Crippen LogP contribution in [0.25, 0.3) is 0 Å². The maximum Gasteiger partial charge on any atom is 0 e. The summed E-state index contributed by atoms with van der Waals surface area (Å²) >= 11 is 4.87. The van der Waals surface area contributed by atoms with E-state index in [2.05, 4.69) is 98.4 Å². The molecule has 0 saturated carbocycles. The Hall–Kier alpha value is -0.362. The Morgan fingerprint density at radius 3 is 1.33 bits per heavy atom. The second kappa shape index (κ2) is 37.8. The zero-order valence-corrected chi connectivity index (χ0v) is 56.0. The average molecular weight is 1590 g/mol. The number of methoxy groups -OCH3 is 3. The Labute approximate surface area is 517 Å². The number of carbonyl (C=O) groups excluding carboxylic acids is 2. The molecule has 1 radical (unpaired) electrons. The SMILES string of the molecule is CC(=O)N1CCN[C@@H](C)C1.COC[C@@H](OS(=O)O)c1ccc(C(F)(F)F)cc1.COC[C@@H](c1ccc(C(F)(F)F)cc1)N1CCN(C(C)=O)C[C@@H]1C.COC[C@@H](c1ccc(C(F)(F)F)cc1)N1CCNC[C@@H]1C.[I][V]([I])[I].[Y]. The minimum absolute atomic E-state index is 0. The topological polar surface area (TPSA) is 145 Å². The maximum absolute atomic E-state index is 12.7. The number of hydrogen-bond donors (Lipinski definition) is 3. The van der Waals surface area contributed by atoms with Crippen molar-refractivity contribution < 1.29 is 114 Å². The number of amides is 2. The van der Waals surface area contributed by atoms with Crippen LogP contribution in [0.1, 0.15) is 86.2 Å². The van der Waals surface area contributed by atoms with Crippen molar-refractivity contribution in [3.05, 3.63) is 106 Å². The molecule has 7 atom stereocenters. The standard InChI is InChI=1S/C17H23F3N2O2.C15H21F3N2O.C10H11F3O4S.C7H14N2O.3HI.V.Y/c1-12-10-21(13(2)23)8-9-22(12)16(11-24-3)14-4-6-15(7-5-14)17(18,19)20;1-11-9-19-7-8-20(11)14(10-21-2)12-3-5-13(6-4-12)15(16,17)18;1-16-6-9(17-18(14)15)7-2-4-8(5-3-7)10(11,12)13;1-6-5-9(7(2)10)4-3-8-6;;;;;/h4-7,12,16H,8-11H2,1-3H3;3-6,11,14,19H,7-10H2,1-2H3;2-5,9H,6H2,1H3,(H,14,15);6,8H,3-5H2,1-2H3;3*1H;;/q;;;;;;;+3;/p-3/t12-,16-;11-,14-;9-;6-;;;;;/m0010...../s1. The normalized spacial score (nSPS) is 19.8. The monoisotopic (exact) mass is 1590 g/mol. The molecule has 3 N–H and O–H groups in total. The molecule has 29 heteroatoms. The number of nitrogens with zero attached hydrogens (tertiary/aromatic N) is 4. The molecule has 3 aliphatic heterocycles. The molecule has 3 saturated heterocycles. The summed E-state index contributed by atoms with van der Waals surface area (Å²) in [6.07, 6.45) is -14.0. The van der Waals surface area contributed by atoms with Crippen molar-refractivity contribution in [2.75, 3.05) is 100 Å². The first kappa shape index (κ1) is 75.7. The summed E-state index contributed by atoms with van der Waals surface area (Å²) in [5.74, 6) is 0.229. The Bertz CT molecular complexity index is 2200. The Kier molecular flexibility index (Phi) is 36.7. The molecule has 2 amide bonds. The van der Waals surface area contributed by atoms with Crippen LogP contribution in [0, 0.1) is 0 Å². The number of rotatable bonds is 13. The first-order chi connectivity index (χ1) is 35.9. The Morgan fingerprint density at radius 2 is 1.01 bits per heavy atom. The minimum Gasteiger partial charge on any atom is 0 e. The van der Waals surface area contributed by atoms with Gasteiger partial charge in [0.05, 0.1) is 48.6 Å². The smallest absolute Gasteiger partial charge is 0 e. The van der Waals surface area contributed by atoms with E-state index in [-0.39, 0.29) is 74.2 Å². The van der Waals surface area contributed by atoms with Crippen LogP contribution < -0.4 is 10.6 Å². The Morgan fingerprint density at radius 1 is 0.628 bits per heavy atom. The molecule has 0 spiro atoms. The van der Waals surface area contributed by atoms with E-state index in [1.807, 2.05) is 11.8 Å². The summed E-state index contributed by atoms with van der Waals surface area (Å²) in [6.45, 7) is 17.3. The predicted octanol–water partition coefficient (Wildman–Crippen LogP) is 10.7. The van der Waals surface area contributed by atoms with Crippen LogP contribution in [0.2, 0.25) is 0 Å². The van der Waals surface area contributed by atoms with E-state index in [9.17, 15) is 53.3 Å². The molecule has 3 aliphatic rings. The van der Waals surface area contributed by atoms with Gasteiger partial charge < -0.3 is 34.6 Å². The minimum atomic E-state index is -4.42. The second-order valence-electron chi connectivity index (χ2n) is 17.9. The summed E-state index contributed by atoms with van der Waals surface area (Å²) in [5, 5.41) is 6.58. The van der Waals surface area contributed by atoms with Crippen molar-refractivity contribution in [3.8, 4) is 0 Å². The molecule has 14 nitrogen and oxygen atoms in total. The first-order valence-corrected chi connectivity index (χ1v) is 38.5. The van der Waals surface area contributed by atoms with Crippen molar-refractivity contribution >= 4 is 83.1 Å². The van der Waals surface area contributed by atoms with Gasteiger partial charge in [-0.15, -0.1) is 0 Å². The molecule has 78 heavy (non-hydrogen) atoms. The fourth-order valence-corrected chi connectivity index (χ4v) is 8.81. The predicted molar refractivity (Wildman–Crippen MR) is 299 cm³/mol. The van der Waals surface area contributed by atoms with Gasteiger partial charge in [0.15, 0.2) is 0 Å². The summed E-state index contributed by atoms with van der Waals surface area (Å²) in [4.78, 5) is 30.2. The van der Waals surface area contributed by atoms with Gasteiger partial charge in [0.1, 0.15) is 6.10 Å². The fraction of sp³-hybridized carbons (Fsp3) is 0.592. The third-order valence-electron chi connectivity index (χ3n) is 12.3. The van der Waals surface area contributed by atoms with Gasteiger partial charge in [-0.05, 0) is 73.9 Å². The molecular weight excluding hydrogens is 1520 g/mol. The van der Waals surface area contributed by atoms with Crippen LogP contribution in [0.5, 0.6) is 0 Å². The largest absolute Gasteiger partial charge is 0 e. The number of nitrogens with one attached hydrogen (secondary N) is 2. The molecule has 6 rings (SSSR count). The molecule has 0 bridgehead atoms. The van der Waals surface area contributed by atoms with Crippen LogP contribution in [-0.2, 0) is 95.5 Å². The van der Waals surface area contributed by atoms with E-state index in [4.69, 9.17) is 18.8 Å². The van der Waals surface area contributed by atoms with Crippen molar-refractivity contribution in [3.63, 3.8) is 0 Å². The number of alkyl halides is 9. The van der Waals surface area contributed by atoms with Gasteiger partial charge >= 0.3 is 94.7 Å². The van der Waals surface area contributed by atoms with Crippen LogP contribution >= 0.6 is 59.9 Å². The number of piperazine rings is 3. The van der Waals surface area contributed by atoms with Crippen molar-refractivity contribution in [1.29, 1.82) is 0 Å². The van der Waals surface area contributed by atoms with Crippen molar-refractivity contribution in [2.24, 2.45) is 0 Å². The number of benzene rings is 3. The molecule has 0 aliphatic carbocycles. The van der Waals surface area contributed by atoms with Crippen molar-refractivity contribution in [1.82, 2.24) is 30.2 Å². The number of carbonyl (C=O) groups is 2. The molecule has 3 fully saturated rings. The first-order valence-electron chi connectivity index (χ1n) is 23.9. The Balaban J connectivity index is 0.000000521. The molecule has 3 heterocycles. The molecule has 441 valence electrons. The van der Waals surface area contributed by atoms with Crippen molar-refractivity contribution in [2.45, 2.75) is 89.5 Å². The van der Waals surface area contributed by atoms with E-state index < -0.39 is 52.7 Å². The van der Waals surface area contributed by atoms with Gasteiger partial charge in [-0.2, -0.15) is 43.7 Å². The third kappa shape index (κ3) is 28.0. The molecule has 3 aromatic rings. The van der Waals surface area contributed by atoms with E-state index >= 15 is 0 Å². The van der Waals surface area contributed by atoms with E-state index in [1.54, 1.807) is 45.1 Å². The molecule has 1 unspecified atom stereocenters. The molecular formula is C49H69F9I3N6O8SVY. The van der Waals surface area contributed by atoms with Gasteiger partial charge in [-0.3, -0.25) is 28.1 Å². The van der Waals surface area contributed by atoms with Gasteiger partial charge in [0, 0.05) is 145 Å². The zero-order chi connectivity index (χ0) is 58.3. The van der Waals surface area contributed by atoms with Crippen LogP contribution in [0.3, 0.4) is 0 Å². The summed E-state index contributed by atoms with van der Waals surface area (Å²) in [6, 6.07) is 15.5. The summed E-state index contributed by atoms with van der Waals surface area (Å²) in [7, 11) is 4.54. The fourth-order valence-electron chi connectivity index (χ4n) is 8.45. The van der Waals surface area contributed by atoms with Gasteiger partial charge in [0.25, 0.3) is 0 Å². The average Bonchev–Trinajstić information content (AvgIpc) is 3.35. The van der Waals surface area contributed by atoms with Crippen LogP contribution in [0.4, 0.5) is 39.5 Å². The van der Waals surface area contributed by atoms with Crippen LogP contribution in [-0.4, -0.2) is 158 Å². The number of hydrogen-bond acceptors (Lipinski definition) is 11. The third-order valence-corrected chi connectivity index (χ3v) is 12.7. The number of ether oxygens (including phenoxy) is 3. The van der Waals surface area contributed by atoms with E-state index in [1.165, 1.54) is 31.4 Å². The van der Waals surface area contributed by atoms with E-state index in [0.29, 0.717) is 50.5 Å².